The van der Waals surface area contributed by atoms with Gasteiger partial charge in [0, 0.05) is 32.3 Å². The second-order valence-corrected chi connectivity index (χ2v) is 6.37. The molecule has 0 spiro atoms. The Morgan fingerprint density at radius 3 is 2.82 bits per heavy atom. The van der Waals surface area contributed by atoms with Gasteiger partial charge in [0.15, 0.2) is 5.78 Å². The lowest BCUT2D eigenvalue weighted by Gasteiger charge is -2.26. The zero-order valence-electron chi connectivity index (χ0n) is 13.2. The van der Waals surface area contributed by atoms with E-state index in [1.165, 1.54) is 0 Å². The number of carbonyl (C=O) groups excluding carboxylic acids is 2. The molecule has 0 radical (unpaired) electrons. The van der Waals surface area contributed by atoms with Crippen molar-refractivity contribution in [3.8, 4) is 0 Å². The van der Waals surface area contributed by atoms with E-state index in [1.54, 1.807) is 24.1 Å². The molecule has 1 aromatic rings. The Morgan fingerprint density at radius 1 is 1.36 bits per heavy atom. The molecule has 0 saturated carbocycles. The summed E-state index contributed by atoms with van der Waals surface area (Å²) in [5.74, 6) is 0.115. The van der Waals surface area contributed by atoms with Gasteiger partial charge in [-0.05, 0) is 32.6 Å². The minimum Gasteiger partial charge on any atom is -0.365 e. The molecule has 0 N–H and O–H groups in total. The molecule has 1 aromatic heterocycles. The molecule has 0 aliphatic carbocycles. The number of ketones is 1. The van der Waals surface area contributed by atoms with E-state index in [0.717, 1.165) is 32.2 Å². The normalized spacial score (nSPS) is 28.3. The number of hydrogen-bond acceptors (Lipinski definition) is 4. The number of amides is 1. The van der Waals surface area contributed by atoms with Crippen molar-refractivity contribution in [1.29, 1.82) is 0 Å². The summed E-state index contributed by atoms with van der Waals surface area (Å²) in [5.41, 5.74) is 0.618. The van der Waals surface area contributed by atoms with Crippen LogP contribution in [0.25, 0.3) is 0 Å². The Labute approximate surface area is 130 Å². The molecule has 0 aromatic carbocycles. The van der Waals surface area contributed by atoms with Gasteiger partial charge in [0.05, 0.1) is 17.9 Å². The van der Waals surface area contributed by atoms with E-state index in [4.69, 9.17) is 4.74 Å². The van der Waals surface area contributed by atoms with Gasteiger partial charge in [-0.15, -0.1) is 0 Å². The monoisotopic (exact) mass is 305 g/mol. The number of likely N-dealkylation sites (tertiary alicyclic amines) is 1. The zero-order chi connectivity index (χ0) is 15.7. The Balaban J connectivity index is 1.63. The molecule has 2 aliphatic heterocycles. The van der Waals surface area contributed by atoms with Crippen molar-refractivity contribution in [3.05, 3.63) is 18.0 Å². The smallest absolute Gasteiger partial charge is 0.251 e. The quantitative estimate of drug-likeness (QED) is 0.792. The summed E-state index contributed by atoms with van der Waals surface area (Å²) < 4.78 is 7.31. The van der Waals surface area contributed by atoms with Gasteiger partial charge in [0.2, 0.25) is 0 Å². The maximum atomic E-state index is 12.6. The Kier molecular flexibility index (Phi) is 4.29. The molecule has 6 heteroatoms. The summed E-state index contributed by atoms with van der Waals surface area (Å²) in [5, 5.41) is 4.03. The fraction of sp³-hybridized carbons (Fsp3) is 0.688. The minimum atomic E-state index is -0.316. The molecule has 3 atom stereocenters. The van der Waals surface area contributed by atoms with E-state index in [0.29, 0.717) is 12.0 Å². The predicted molar refractivity (Wildman–Crippen MR) is 80.5 cm³/mol. The van der Waals surface area contributed by atoms with Gasteiger partial charge >= 0.3 is 0 Å². The van der Waals surface area contributed by atoms with Gasteiger partial charge in [0.1, 0.15) is 6.10 Å². The Hall–Kier alpha value is -1.69. The van der Waals surface area contributed by atoms with Crippen LogP contribution in [-0.4, -0.2) is 51.2 Å². The third-order valence-corrected chi connectivity index (χ3v) is 4.62. The van der Waals surface area contributed by atoms with Crippen molar-refractivity contribution in [2.75, 3.05) is 6.54 Å². The van der Waals surface area contributed by atoms with E-state index in [-0.39, 0.29) is 29.9 Å². The molecule has 1 amide bonds. The molecule has 2 saturated heterocycles. The lowest BCUT2D eigenvalue weighted by molar-refractivity contribution is -0.143. The van der Waals surface area contributed by atoms with Crippen LogP contribution in [-0.2, 0) is 16.6 Å². The third-order valence-electron chi connectivity index (χ3n) is 4.62. The average Bonchev–Trinajstić information content (AvgIpc) is 3.19. The largest absolute Gasteiger partial charge is 0.365 e. The van der Waals surface area contributed by atoms with E-state index >= 15 is 0 Å². The summed E-state index contributed by atoms with van der Waals surface area (Å²) in [6.07, 6.45) is 7.11. The maximum Gasteiger partial charge on any atom is 0.251 e. The molecule has 120 valence electrons. The molecular formula is C16H23N3O3. The highest BCUT2D eigenvalue weighted by Gasteiger charge is 2.37. The minimum absolute atomic E-state index is 0.000266. The third kappa shape index (κ3) is 3.06. The second-order valence-electron chi connectivity index (χ2n) is 6.37. The highest BCUT2D eigenvalue weighted by Crippen LogP contribution is 2.27. The van der Waals surface area contributed by atoms with Crippen LogP contribution in [0.15, 0.2) is 12.4 Å². The highest BCUT2D eigenvalue weighted by atomic mass is 16.5. The number of nitrogens with zero attached hydrogens (tertiary/aromatic N) is 3. The Morgan fingerprint density at radius 2 is 2.18 bits per heavy atom. The number of carbonyl (C=O) groups is 2. The standard InChI is InChI=1S/C16H23N3O3/c1-11-5-6-15(22-11)16(21)19-7-3-4-13(19)8-14(20)12-9-17-18(2)10-12/h9-11,13,15H,3-8H2,1-2H3/t11-,13+,15-/m1/s1. The van der Waals surface area contributed by atoms with Crippen molar-refractivity contribution in [3.63, 3.8) is 0 Å². The molecular weight excluding hydrogens is 282 g/mol. The molecule has 3 heterocycles. The first-order valence-corrected chi connectivity index (χ1v) is 8.02. The van der Waals surface area contributed by atoms with Crippen LogP contribution in [0.2, 0.25) is 0 Å². The van der Waals surface area contributed by atoms with Crippen LogP contribution in [0, 0.1) is 0 Å². The van der Waals surface area contributed by atoms with Gasteiger partial charge in [-0.1, -0.05) is 0 Å². The van der Waals surface area contributed by atoms with Crippen LogP contribution < -0.4 is 0 Å². The molecule has 0 bridgehead atoms. The highest BCUT2D eigenvalue weighted by molar-refractivity contribution is 5.96. The summed E-state index contributed by atoms with van der Waals surface area (Å²) in [6.45, 7) is 2.73. The van der Waals surface area contributed by atoms with Crippen molar-refractivity contribution in [1.82, 2.24) is 14.7 Å². The summed E-state index contributed by atoms with van der Waals surface area (Å²) in [4.78, 5) is 26.8. The van der Waals surface area contributed by atoms with Crippen LogP contribution in [0.5, 0.6) is 0 Å². The first-order chi connectivity index (χ1) is 10.5. The number of hydrogen-bond donors (Lipinski definition) is 0. The average molecular weight is 305 g/mol. The van der Waals surface area contributed by atoms with Gasteiger partial charge in [-0.2, -0.15) is 5.10 Å². The fourth-order valence-corrected chi connectivity index (χ4v) is 3.40. The number of rotatable bonds is 4. The first kappa shape index (κ1) is 15.2. The number of Topliss-reactive ketones (excluding diaryl/α,β-unsaturated/α-hetero) is 1. The lowest BCUT2D eigenvalue weighted by Crippen LogP contribution is -2.42. The van der Waals surface area contributed by atoms with Gasteiger partial charge < -0.3 is 9.64 Å². The van der Waals surface area contributed by atoms with E-state index in [9.17, 15) is 9.59 Å². The summed E-state index contributed by atoms with van der Waals surface area (Å²) in [7, 11) is 1.79. The van der Waals surface area contributed by atoms with E-state index < -0.39 is 0 Å². The van der Waals surface area contributed by atoms with Crippen molar-refractivity contribution in [2.24, 2.45) is 7.05 Å². The molecule has 6 nitrogen and oxygen atoms in total. The Bertz CT molecular complexity index is 569. The summed E-state index contributed by atoms with van der Waals surface area (Å²) in [6, 6.07) is -0.000266. The van der Waals surface area contributed by atoms with Crippen molar-refractivity contribution in [2.45, 2.75) is 57.3 Å². The topological polar surface area (TPSA) is 64.4 Å². The van der Waals surface area contributed by atoms with Gasteiger partial charge in [0.25, 0.3) is 5.91 Å². The van der Waals surface area contributed by atoms with Crippen LogP contribution >= 0.6 is 0 Å². The lowest BCUT2D eigenvalue weighted by atomic mass is 10.0. The maximum absolute atomic E-state index is 12.6. The molecule has 3 rings (SSSR count). The second kappa shape index (κ2) is 6.20. The van der Waals surface area contributed by atoms with E-state index in [2.05, 4.69) is 5.10 Å². The van der Waals surface area contributed by atoms with Crippen LogP contribution in [0.3, 0.4) is 0 Å². The molecule has 22 heavy (non-hydrogen) atoms. The van der Waals surface area contributed by atoms with Gasteiger partial charge in [-0.25, -0.2) is 0 Å². The van der Waals surface area contributed by atoms with Crippen LogP contribution in [0.1, 0.15) is 49.4 Å². The van der Waals surface area contributed by atoms with Crippen molar-refractivity contribution >= 4 is 11.7 Å². The molecule has 2 aliphatic rings. The van der Waals surface area contributed by atoms with Crippen LogP contribution in [0.4, 0.5) is 0 Å². The molecule has 2 fully saturated rings. The first-order valence-electron chi connectivity index (χ1n) is 8.02. The summed E-state index contributed by atoms with van der Waals surface area (Å²) >= 11 is 0. The number of aryl methyl sites for hydroxylation is 1. The predicted octanol–water partition coefficient (Wildman–Crippen LogP) is 1.55. The molecule has 0 unspecified atom stereocenters. The van der Waals surface area contributed by atoms with Crippen molar-refractivity contribution < 1.29 is 14.3 Å². The van der Waals surface area contributed by atoms with E-state index in [1.807, 2.05) is 11.8 Å². The number of aromatic nitrogens is 2. The zero-order valence-corrected chi connectivity index (χ0v) is 13.2. The SMILES string of the molecule is C[C@@H]1CC[C@H](C(=O)N2CCC[C@H]2CC(=O)c2cnn(C)c2)O1. The number of ether oxygens (including phenoxy) is 1. The van der Waals surface area contributed by atoms with Gasteiger partial charge in [-0.3, -0.25) is 14.3 Å². The fourth-order valence-electron chi connectivity index (χ4n) is 3.40.